The first-order valence-electron chi connectivity index (χ1n) is 10.1. The first kappa shape index (κ1) is 17.9. The van der Waals surface area contributed by atoms with Gasteiger partial charge in [-0.2, -0.15) is 5.10 Å². The molecule has 3 aromatic rings. The number of aromatic nitrogens is 2. The smallest absolute Gasteiger partial charge is 0.272 e. The van der Waals surface area contributed by atoms with E-state index >= 15 is 0 Å². The van der Waals surface area contributed by atoms with Crippen molar-refractivity contribution < 1.29 is 13.9 Å². The van der Waals surface area contributed by atoms with Gasteiger partial charge in [-0.25, -0.2) is 9.07 Å². The summed E-state index contributed by atoms with van der Waals surface area (Å²) in [7, 11) is 0. The Morgan fingerprint density at radius 2 is 1.90 bits per heavy atom. The molecule has 1 aliphatic carbocycles. The van der Waals surface area contributed by atoms with E-state index in [0.29, 0.717) is 12.3 Å². The molecule has 0 bridgehead atoms. The van der Waals surface area contributed by atoms with Crippen LogP contribution in [0.1, 0.15) is 52.6 Å². The summed E-state index contributed by atoms with van der Waals surface area (Å²) in [6, 6.07) is 14.0. The largest absolute Gasteiger partial charge is 0.493 e. The van der Waals surface area contributed by atoms with E-state index < -0.39 is 0 Å². The van der Waals surface area contributed by atoms with E-state index in [0.717, 1.165) is 60.4 Å². The SMILES string of the molecule is O=C(NC1CCOc2ccccc21)c1nn(-c2ccc(F)cc2)c2c1CCCC2. The Balaban J connectivity index is 1.48. The van der Waals surface area contributed by atoms with E-state index in [9.17, 15) is 9.18 Å². The van der Waals surface area contributed by atoms with Crippen LogP contribution in [0.2, 0.25) is 0 Å². The summed E-state index contributed by atoms with van der Waals surface area (Å²) >= 11 is 0. The van der Waals surface area contributed by atoms with Crippen LogP contribution in [-0.4, -0.2) is 22.3 Å². The Bertz CT molecular complexity index is 1060. The van der Waals surface area contributed by atoms with Gasteiger partial charge in [-0.15, -0.1) is 0 Å². The number of halogens is 1. The van der Waals surface area contributed by atoms with Crippen molar-refractivity contribution in [3.63, 3.8) is 0 Å². The van der Waals surface area contributed by atoms with Crippen LogP contribution < -0.4 is 10.1 Å². The molecule has 1 amide bonds. The lowest BCUT2D eigenvalue weighted by Crippen LogP contribution is -2.33. The molecule has 1 aromatic heterocycles. The number of rotatable bonds is 3. The van der Waals surface area contributed by atoms with E-state index in [1.807, 2.05) is 24.3 Å². The number of hydrogen-bond donors (Lipinski definition) is 1. The van der Waals surface area contributed by atoms with Crippen molar-refractivity contribution in [3.05, 3.63) is 76.9 Å². The molecule has 2 aromatic carbocycles. The second kappa shape index (κ2) is 7.35. The summed E-state index contributed by atoms with van der Waals surface area (Å²) in [5.41, 5.74) is 4.32. The summed E-state index contributed by atoms with van der Waals surface area (Å²) in [4.78, 5) is 13.2. The quantitative estimate of drug-likeness (QED) is 0.730. The van der Waals surface area contributed by atoms with E-state index in [1.54, 1.807) is 16.8 Å². The van der Waals surface area contributed by atoms with Gasteiger partial charge in [-0.3, -0.25) is 4.79 Å². The topological polar surface area (TPSA) is 56.1 Å². The average molecular weight is 391 g/mol. The Morgan fingerprint density at radius 3 is 2.76 bits per heavy atom. The third-order valence-electron chi connectivity index (χ3n) is 5.73. The first-order valence-corrected chi connectivity index (χ1v) is 10.1. The van der Waals surface area contributed by atoms with Crippen LogP contribution in [0.4, 0.5) is 4.39 Å². The Kier molecular flexibility index (Phi) is 4.54. The lowest BCUT2D eigenvalue weighted by atomic mass is 9.95. The minimum atomic E-state index is -0.286. The Hall–Kier alpha value is -3.15. The lowest BCUT2D eigenvalue weighted by Gasteiger charge is -2.26. The number of nitrogens with zero attached hydrogens (tertiary/aromatic N) is 2. The van der Waals surface area contributed by atoms with Gasteiger partial charge in [0.05, 0.1) is 18.3 Å². The highest BCUT2D eigenvalue weighted by molar-refractivity contribution is 5.94. The summed E-state index contributed by atoms with van der Waals surface area (Å²) < 4.78 is 20.9. The number of carbonyl (C=O) groups excluding carboxylic acids is 1. The second-order valence-electron chi connectivity index (χ2n) is 7.57. The van der Waals surface area contributed by atoms with E-state index in [1.165, 1.54) is 12.1 Å². The van der Waals surface area contributed by atoms with Crippen molar-refractivity contribution in [1.29, 1.82) is 0 Å². The molecule has 1 unspecified atom stereocenters. The number of nitrogens with one attached hydrogen (secondary N) is 1. The maximum atomic E-state index is 13.4. The van der Waals surface area contributed by atoms with E-state index in [-0.39, 0.29) is 17.8 Å². The van der Waals surface area contributed by atoms with Crippen molar-refractivity contribution >= 4 is 5.91 Å². The molecule has 0 saturated heterocycles. The molecule has 2 aliphatic rings. The second-order valence-corrected chi connectivity index (χ2v) is 7.57. The van der Waals surface area contributed by atoms with Gasteiger partial charge in [0.2, 0.25) is 0 Å². The molecule has 148 valence electrons. The molecule has 6 heteroatoms. The Labute approximate surface area is 168 Å². The van der Waals surface area contributed by atoms with Crippen molar-refractivity contribution in [1.82, 2.24) is 15.1 Å². The lowest BCUT2D eigenvalue weighted by molar-refractivity contribution is 0.0918. The van der Waals surface area contributed by atoms with Crippen LogP contribution in [0.3, 0.4) is 0 Å². The maximum Gasteiger partial charge on any atom is 0.272 e. The third-order valence-corrected chi connectivity index (χ3v) is 5.73. The van der Waals surface area contributed by atoms with Crippen LogP contribution in [0.25, 0.3) is 5.69 Å². The zero-order chi connectivity index (χ0) is 19.8. The minimum Gasteiger partial charge on any atom is -0.493 e. The molecule has 0 radical (unpaired) electrons. The number of para-hydroxylation sites is 1. The molecular formula is C23H22FN3O2. The number of fused-ring (bicyclic) bond motifs is 2. The van der Waals surface area contributed by atoms with Crippen LogP contribution in [0, 0.1) is 5.82 Å². The first-order chi connectivity index (χ1) is 14.2. The zero-order valence-electron chi connectivity index (χ0n) is 16.0. The van der Waals surface area contributed by atoms with Crippen LogP contribution in [-0.2, 0) is 12.8 Å². The van der Waals surface area contributed by atoms with Crippen LogP contribution in [0.5, 0.6) is 5.75 Å². The van der Waals surface area contributed by atoms with Gasteiger partial charge in [-0.05, 0) is 56.0 Å². The molecule has 5 rings (SSSR count). The van der Waals surface area contributed by atoms with Crippen molar-refractivity contribution in [2.24, 2.45) is 0 Å². The van der Waals surface area contributed by atoms with Gasteiger partial charge in [-0.1, -0.05) is 18.2 Å². The van der Waals surface area contributed by atoms with Crippen LogP contribution >= 0.6 is 0 Å². The molecule has 5 nitrogen and oxygen atoms in total. The summed E-state index contributed by atoms with van der Waals surface area (Å²) in [5.74, 6) is 0.375. The number of ether oxygens (including phenoxy) is 1. The predicted octanol–water partition coefficient (Wildman–Crippen LogP) is 4.14. The van der Waals surface area contributed by atoms with Gasteiger partial charge in [0.15, 0.2) is 5.69 Å². The standard InChI is InChI=1S/C23H22FN3O2/c24-15-9-11-16(12-10-15)27-20-7-3-1-6-18(20)22(26-27)23(28)25-19-13-14-29-21-8-4-2-5-17(19)21/h2,4-5,8-12,19H,1,3,6-7,13-14H2,(H,25,28). The summed E-state index contributed by atoms with van der Waals surface area (Å²) in [6.07, 6.45) is 4.54. The molecular weight excluding hydrogens is 369 g/mol. The van der Waals surface area contributed by atoms with Crippen molar-refractivity contribution in [2.75, 3.05) is 6.61 Å². The van der Waals surface area contributed by atoms with E-state index in [4.69, 9.17) is 4.74 Å². The van der Waals surface area contributed by atoms with Gasteiger partial charge in [0.25, 0.3) is 5.91 Å². The molecule has 1 aliphatic heterocycles. The molecule has 1 N–H and O–H groups in total. The molecule has 2 heterocycles. The highest BCUT2D eigenvalue weighted by Crippen LogP contribution is 2.32. The average Bonchev–Trinajstić information content (AvgIpc) is 3.14. The van der Waals surface area contributed by atoms with Crippen LogP contribution in [0.15, 0.2) is 48.5 Å². The van der Waals surface area contributed by atoms with Crippen molar-refractivity contribution in [2.45, 2.75) is 38.1 Å². The number of hydrogen-bond acceptors (Lipinski definition) is 3. The third kappa shape index (κ3) is 3.28. The normalized spacial score (nSPS) is 17.8. The molecule has 29 heavy (non-hydrogen) atoms. The highest BCUT2D eigenvalue weighted by atomic mass is 19.1. The van der Waals surface area contributed by atoms with Gasteiger partial charge in [0, 0.05) is 23.2 Å². The molecule has 0 fully saturated rings. The minimum absolute atomic E-state index is 0.0948. The maximum absolute atomic E-state index is 13.4. The fraction of sp³-hybridized carbons (Fsp3) is 0.304. The highest BCUT2D eigenvalue weighted by Gasteiger charge is 2.29. The predicted molar refractivity (Wildman–Crippen MR) is 107 cm³/mol. The fourth-order valence-electron chi connectivity index (χ4n) is 4.30. The summed E-state index contributed by atoms with van der Waals surface area (Å²) in [5, 5.41) is 7.82. The monoisotopic (exact) mass is 391 g/mol. The zero-order valence-corrected chi connectivity index (χ0v) is 16.0. The summed E-state index contributed by atoms with van der Waals surface area (Å²) in [6.45, 7) is 0.573. The molecule has 0 spiro atoms. The van der Waals surface area contributed by atoms with Crippen molar-refractivity contribution in [3.8, 4) is 11.4 Å². The van der Waals surface area contributed by atoms with E-state index in [2.05, 4.69) is 10.4 Å². The van der Waals surface area contributed by atoms with Gasteiger partial charge in [0.1, 0.15) is 11.6 Å². The molecule has 0 saturated carbocycles. The number of amides is 1. The van der Waals surface area contributed by atoms with Gasteiger partial charge < -0.3 is 10.1 Å². The Morgan fingerprint density at radius 1 is 1.10 bits per heavy atom. The number of carbonyl (C=O) groups is 1. The molecule has 1 atom stereocenters. The fourth-order valence-corrected chi connectivity index (χ4v) is 4.30. The van der Waals surface area contributed by atoms with Gasteiger partial charge >= 0.3 is 0 Å². The number of benzene rings is 2.